The number of benzene rings is 1. The lowest BCUT2D eigenvalue weighted by molar-refractivity contribution is 0.562. The van der Waals surface area contributed by atoms with Crippen molar-refractivity contribution >= 4 is 15.9 Å². The van der Waals surface area contributed by atoms with Crippen molar-refractivity contribution in [3.8, 4) is 0 Å². The molecule has 0 radical (unpaired) electrons. The minimum atomic E-state index is 0.672. The molecule has 1 heteroatoms. The SMILES string of the molecule is CC(C)C(Br)CCCc1ccccc1. The van der Waals surface area contributed by atoms with E-state index in [0.29, 0.717) is 4.83 Å². The van der Waals surface area contributed by atoms with Gasteiger partial charge < -0.3 is 0 Å². The van der Waals surface area contributed by atoms with Gasteiger partial charge in [0.2, 0.25) is 0 Å². The summed E-state index contributed by atoms with van der Waals surface area (Å²) in [5.74, 6) is 0.741. The maximum Gasteiger partial charge on any atom is 0.0168 e. The van der Waals surface area contributed by atoms with Crippen molar-refractivity contribution in [2.45, 2.75) is 37.9 Å². The van der Waals surface area contributed by atoms with Gasteiger partial charge in [-0.3, -0.25) is 0 Å². The van der Waals surface area contributed by atoms with E-state index in [2.05, 4.69) is 60.1 Å². The Hall–Kier alpha value is -0.300. The van der Waals surface area contributed by atoms with Gasteiger partial charge in [0.05, 0.1) is 0 Å². The van der Waals surface area contributed by atoms with Crippen LogP contribution in [-0.2, 0) is 6.42 Å². The van der Waals surface area contributed by atoms with Crippen LogP contribution in [0.4, 0.5) is 0 Å². The lowest BCUT2D eigenvalue weighted by atomic mass is 10.0. The van der Waals surface area contributed by atoms with Crippen LogP contribution in [0, 0.1) is 5.92 Å². The number of alkyl halides is 1. The largest absolute Gasteiger partial charge is 0.0888 e. The summed E-state index contributed by atoms with van der Waals surface area (Å²) in [5.41, 5.74) is 1.45. The van der Waals surface area contributed by atoms with E-state index >= 15 is 0 Å². The topological polar surface area (TPSA) is 0 Å². The van der Waals surface area contributed by atoms with E-state index in [4.69, 9.17) is 0 Å². The monoisotopic (exact) mass is 254 g/mol. The van der Waals surface area contributed by atoms with Gasteiger partial charge in [-0.15, -0.1) is 0 Å². The molecule has 0 aromatic heterocycles. The van der Waals surface area contributed by atoms with Crippen molar-refractivity contribution in [3.63, 3.8) is 0 Å². The zero-order valence-corrected chi connectivity index (χ0v) is 10.6. The molecule has 0 heterocycles. The lowest BCUT2D eigenvalue weighted by Crippen LogP contribution is -2.06. The highest BCUT2D eigenvalue weighted by Crippen LogP contribution is 2.18. The fourth-order valence-corrected chi connectivity index (χ4v) is 1.80. The van der Waals surface area contributed by atoms with Crippen LogP contribution in [0.1, 0.15) is 32.3 Å². The average molecular weight is 255 g/mol. The van der Waals surface area contributed by atoms with Gasteiger partial charge in [-0.2, -0.15) is 0 Å². The van der Waals surface area contributed by atoms with Gasteiger partial charge in [-0.25, -0.2) is 0 Å². The molecule has 0 fully saturated rings. The summed E-state index contributed by atoms with van der Waals surface area (Å²) in [6.45, 7) is 4.53. The van der Waals surface area contributed by atoms with E-state index in [0.717, 1.165) is 5.92 Å². The highest BCUT2D eigenvalue weighted by molar-refractivity contribution is 9.09. The number of hydrogen-bond acceptors (Lipinski definition) is 0. The first-order valence-corrected chi connectivity index (χ1v) is 6.29. The first-order chi connectivity index (χ1) is 6.70. The zero-order chi connectivity index (χ0) is 10.4. The summed E-state index contributed by atoms with van der Waals surface area (Å²) in [7, 11) is 0. The minimum absolute atomic E-state index is 0.672. The first kappa shape index (κ1) is 11.8. The Morgan fingerprint density at radius 2 is 1.79 bits per heavy atom. The molecule has 1 rings (SSSR count). The third-order valence-electron chi connectivity index (χ3n) is 2.51. The van der Waals surface area contributed by atoms with E-state index in [1.807, 2.05) is 0 Å². The van der Waals surface area contributed by atoms with Gasteiger partial charge in [0, 0.05) is 4.83 Å². The Labute approximate surface area is 95.9 Å². The fourth-order valence-electron chi connectivity index (χ4n) is 1.48. The van der Waals surface area contributed by atoms with Crippen LogP contribution in [0.5, 0.6) is 0 Å². The molecule has 0 aliphatic rings. The molecule has 1 atom stereocenters. The standard InChI is InChI=1S/C13H19Br/c1-11(2)13(14)10-6-9-12-7-4-3-5-8-12/h3-5,7-8,11,13H,6,9-10H2,1-2H3. The summed E-state index contributed by atoms with van der Waals surface area (Å²) in [4.78, 5) is 0.672. The minimum Gasteiger partial charge on any atom is -0.0888 e. The van der Waals surface area contributed by atoms with Crippen molar-refractivity contribution < 1.29 is 0 Å². The van der Waals surface area contributed by atoms with E-state index in [-0.39, 0.29) is 0 Å². The van der Waals surface area contributed by atoms with Crippen molar-refractivity contribution in [1.29, 1.82) is 0 Å². The quantitative estimate of drug-likeness (QED) is 0.683. The van der Waals surface area contributed by atoms with Crippen molar-refractivity contribution in [3.05, 3.63) is 35.9 Å². The van der Waals surface area contributed by atoms with Gasteiger partial charge in [0.25, 0.3) is 0 Å². The molecule has 0 aliphatic heterocycles. The molecule has 0 aliphatic carbocycles. The van der Waals surface area contributed by atoms with Crippen molar-refractivity contribution in [1.82, 2.24) is 0 Å². The van der Waals surface area contributed by atoms with Gasteiger partial charge >= 0.3 is 0 Å². The molecule has 1 aromatic rings. The second-order valence-corrected chi connectivity index (χ2v) is 5.31. The van der Waals surface area contributed by atoms with Crippen LogP contribution >= 0.6 is 15.9 Å². The predicted molar refractivity (Wildman–Crippen MR) is 66.9 cm³/mol. The summed E-state index contributed by atoms with van der Waals surface area (Å²) in [6, 6.07) is 10.7. The number of hydrogen-bond donors (Lipinski definition) is 0. The normalized spacial score (nSPS) is 13.1. The van der Waals surface area contributed by atoms with Crippen molar-refractivity contribution in [2.24, 2.45) is 5.92 Å². The number of halogens is 1. The maximum atomic E-state index is 3.72. The molecule has 14 heavy (non-hydrogen) atoms. The third kappa shape index (κ3) is 4.28. The molecule has 0 N–H and O–H groups in total. The zero-order valence-electron chi connectivity index (χ0n) is 9.04. The first-order valence-electron chi connectivity index (χ1n) is 5.38. The summed E-state index contributed by atoms with van der Waals surface area (Å²) >= 11 is 3.72. The Balaban J connectivity index is 2.22. The van der Waals surface area contributed by atoms with Crippen LogP contribution in [0.25, 0.3) is 0 Å². The van der Waals surface area contributed by atoms with Crippen LogP contribution in [0.15, 0.2) is 30.3 Å². The Kier molecular flexibility index (Phi) is 5.24. The van der Waals surface area contributed by atoms with E-state index in [1.54, 1.807) is 0 Å². The van der Waals surface area contributed by atoms with Crippen LogP contribution in [-0.4, -0.2) is 4.83 Å². The highest BCUT2D eigenvalue weighted by Gasteiger charge is 2.07. The van der Waals surface area contributed by atoms with Crippen molar-refractivity contribution in [2.75, 3.05) is 0 Å². The van der Waals surface area contributed by atoms with E-state index < -0.39 is 0 Å². The molecule has 0 saturated carbocycles. The molecule has 1 aromatic carbocycles. The molecule has 0 amide bonds. The lowest BCUT2D eigenvalue weighted by Gasteiger charge is -2.12. The van der Waals surface area contributed by atoms with Crippen LogP contribution in [0.3, 0.4) is 0 Å². The number of aryl methyl sites for hydroxylation is 1. The van der Waals surface area contributed by atoms with Gasteiger partial charge in [-0.05, 0) is 30.7 Å². The smallest absolute Gasteiger partial charge is 0.0168 e. The molecule has 1 unspecified atom stereocenters. The summed E-state index contributed by atoms with van der Waals surface area (Å²) < 4.78 is 0. The molecule has 0 bridgehead atoms. The third-order valence-corrected chi connectivity index (χ3v) is 4.03. The average Bonchev–Trinajstić information content (AvgIpc) is 2.19. The van der Waals surface area contributed by atoms with Gasteiger partial charge in [0.15, 0.2) is 0 Å². The molecule has 78 valence electrons. The molecular formula is C13H19Br. The predicted octanol–water partition coefficient (Wildman–Crippen LogP) is 4.43. The summed E-state index contributed by atoms with van der Waals surface area (Å²) in [5, 5.41) is 0. The second kappa shape index (κ2) is 6.23. The molecule has 0 nitrogen and oxygen atoms in total. The summed E-state index contributed by atoms with van der Waals surface area (Å²) in [6.07, 6.45) is 3.75. The fraction of sp³-hybridized carbons (Fsp3) is 0.538. The van der Waals surface area contributed by atoms with Gasteiger partial charge in [-0.1, -0.05) is 60.1 Å². The molecule has 0 saturated heterocycles. The van der Waals surface area contributed by atoms with E-state index in [1.165, 1.54) is 24.8 Å². The molecule has 0 spiro atoms. The number of rotatable bonds is 5. The van der Waals surface area contributed by atoms with E-state index in [9.17, 15) is 0 Å². The Morgan fingerprint density at radius 3 is 2.36 bits per heavy atom. The highest BCUT2D eigenvalue weighted by atomic mass is 79.9. The molecular weight excluding hydrogens is 236 g/mol. The maximum absolute atomic E-state index is 3.72. The second-order valence-electron chi connectivity index (χ2n) is 4.14. The van der Waals surface area contributed by atoms with Crippen LogP contribution < -0.4 is 0 Å². The Bertz CT molecular complexity index is 241. The van der Waals surface area contributed by atoms with Gasteiger partial charge in [0.1, 0.15) is 0 Å². The Morgan fingerprint density at radius 1 is 1.14 bits per heavy atom. The van der Waals surface area contributed by atoms with Crippen LogP contribution in [0.2, 0.25) is 0 Å².